The quantitative estimate of drug-likeness (QED) is 0.355. The number of hydrogen-bond donors (Lipinski definition) is 4. The SMILES string of the molecule is CC(CCCNC(=O)c1cc(NC(=O)OCC2c3ccccc3-c3ccccc32)n[nH]1)C(=O)O. The van der Waals surface area contributed by atoms with Gasteiger partial charge < -0.3 is 15.2 Å². The van der Waals surface area contributed by atoms with E-state index in [1.165, 1.54) is 6.07 Å². The van der Waals surface area contributed by atoms with Crippen molar-refractivity contribution in [2.75, 3.05) is 18.5 Å². The maximum Gasteiger partial charge on any atom is 0.412 e. The van der Waals surface area contributed by atoms with Gasteiger partial charge in [-0.1, -0.05) is 55.5 Å². The van der Waals surface area contributed by atoms with Gasteiger partial charge in [-0.3, -0.25) is 20.0 Å². The molecule has 34 heavy (non-hydrogen) atoms. The second kappa shape index (κ2) is 10.2. The number of aromatic amines is 1. The topological polar surface area (TPSA) is 133 Å². The van der Waals surface area contributed by atoms with Crippen LogP contribution in [0.1, 0.15) is 47.3 Å². The number of aliphatic carboxylic acids is 1. The Kier molecular flexibility index (Phi) is 6.91. The molecule has 0 bridgehead atoms. The number of hydrogen-bond acceptors (Lipinski definition) is 5. The number of carboxylic acid groups (broad SMARTS) is 1. The maximum absolute atomic E-state index is 12.4. The first kappa shape index (κ1) is 23.0. The molecule has 0 spiro atoms. The number of nitrogens with zero attached hydrogens (tertiary/aromatic N) is 1. The molecule has 9 nitrogen and oxygen atoms in total. The number of carbonyl (C=O) groups is 3. The number of ether oxygens (including phenoxy) is 1. The molecule has 0 radical (unpaired) electrons. The van der Waals surface area contributed by atoms with E-state index in [0.717, 1.165) is 22.3 Å². The molecule has 1 aromatic heterocycles. The van der Waals surface area contributed by atoms with Crippen LogP contribution in [0.2, 0.25) is 0 Å². The molecule has 1 aliphatic carbocycles. The summed E-state index contributed by atoms with van der Waals surface area (Å²) in [7, 11) is 0. The zero-order chi connectivity index (χ0) is 24.1. The summed E-state index contributed by atoms with van der Waals surface area (Å²) in [4.78, 5) is 35.4. The van der Waals surface area contributed by atoms with E-state index in [4.69, 9.17) is 9.84 Å². The fourth-order valence-corrected chi connectivity index (χ4v) is 4.07. The molecule has 4 rings (SSSR count). The molecule has 1 heterocycles. The molecule has 0 saturated carbocycles. The Balaban J connectivity index is 1.28. The summed E-state index contributed by atoms with van der Waals surface area (Å²) in [6.07, 6.45) is 0.341. The Labute approximate surface area is 196 Å². The van der Waals surface area contributed by atoms with Crippen molar-refractivity contribution >= 4 is 23.8 Å². The lowest BCUT2D eigenvalue weighted by molar-refractivity contribution is -0.141. The fourth-order valence-electron chi connectivity index (χ4n) is 4.07. The van der Waals surface area contributed by atoms with Gasteiger partial charge in [-0.25, -0.2) is 4.79 Å². The summed E-state index contributed by atoms with van der Waals surface area (Å²) in [5.74, 6) is -1.60. The molecule has 0 saturated heterocycles. The standard InChI is InChI=1S/C25H26N4O5/c1-15(24(31)32)7-6-12-26-23(30)21-13-22(29-28-21)27-25(33)34-14-20-18-10-4-2-8-16(18)17-9-3-5-11-19(17)20/h2-5,8-11,13,15,20H,6-7,12,14H2,1H3,(H,26,30)(H,31,32)(H2,27,28,29,33). The van der Waals surface area contributed by atoms with E-state index >= 15 is 0 Å². The van der Waals surface area contributed by atoms with Gasteiger partial charge in [0.15, 0.2) is 5.82 Å². The molecule has 9 heteroatoms. The summed E-state index contributed by atoms with van der Waals surface area (Å²) >= 11 is 0. The second-order valence-corrected chi connectivity index (χ2v) is 8.25. The van der Waals surface area contributed by atoms with Crippen LogP contribution in [0.3, 0.4) is 0 Å². The van der Waals surface area contributed by atoms with E-state index in [1.54, 1.807) is 6.92 Å². The van der Waals surface area contributed by atoms with E-state index in [-0.39, 0.29) is 24.0 Å². The van der Waals surface area contributed by atoms with Crippen molar-refractivity contribution in [2.24, 2.45) is 5.92 Å². The smallest absolute Gasteiger partial charge is 0.412 e. The summed E-state index contributed by atoms with van der Waals surface area (Å²) in [6.45, 7) is 2.14. The summed E-state index contributed by atoms with van der Waals surface area (Å²) < 4.78 is 5.48. The van der Waals surface area contributed by atoms with Crippen molar-refractivity contribution in [3.05, 3.63) is 71.4 Å². The van der Waals surface area contributed by atoms with Crippen molar-refractivity contribution in [3.8, 4) is 11.1 Å². The number of carboxylic acids is 1. The number of amides is 2. The van der Waals surface area contributed by atoms with E-state index in [0.29, 0.717) is 19.4 Å². The molecule has 176 valence electrons. The van der Waals surface area contributed by atoms with Gasteiger partial charge in [-0.05, 0) is 35.1 Å². The van der Waals surface area contributed by atoms with E-state index in [9.17, 15) is 14.4 Å². The molecule has 1 unspecified atom stereocenters. The lowest BCUT2D eigenvalue weighted by Gasteiger charge is -2.14. The van der Waals surface area contributed by atoms with Crippen LogP contribution >= 0.6 is 0 Å². The first-order chi connectivity index (χ1) is 16.4. The largest absolute Gasteiger partial charge is 0.481 e. The van der Waals surface area contributed by atoms with Crippen LogP contribution in [-0.4, -0.2) is 46.4 Å². The molecule has 0 fully saturated rings. The number of anilines is 1. The third kappa shape index (κ3) is 5.09. The van der Waals surface area contributed by atoms with E-state index < -0.39 is 23.9 Å². The van der Waals surface area contributed by atoms with Crippen LogP contribution in [0.15, 0.2) is 54.6 Å². The highest BCUT2D eigenvalue weighted by Crippen LogP contribution is 2.44. The molecular formula is C25H26N4O5. The predicted molar refractivity (Wildman–Crippen MR) is 126 cm³/mol. The Bertz CT molecular complexity index is 1160. The average molecular weight is 463 g/mol. The normalized spacial score (nSPS) is 13.0. The lowest BCUT2D eigenvalue weighted by Crippen LogP contribution is -2.25. The monoisotopic (exact) mass is 462 g/mol. The maximum atomic E-state index is 12.4. The molecule has 1 aliphatic rings. The molecule has 1 atom stereocenters. The number of aromatic nitrogens is 2. The van der Waals surface area contributed by atoms with Crippen molar-refractivity contribution in [1.29, 1.82) is 0 Å². The minimum absolute atomic E-state index is 0.0532. The average Bonchev–Trinajstić information content (AvgIpc) is 3.43. The Hall–Kier alpha value is -4.14. The van der Waals surface area contributed by atoms with Crippen LogP contribution in [0.5, 0.6) is 0 Å². The van der Waals surface area contributed by atoms with Gasteiger partial charge in [0.2, 0.25) is 0 Å². The molecule has 2 amide bonds. The summed E-state index contributed by atoms with van der Waals surface area (Å²) in [5.41, 5.74) is 4.71. The van der Waals surface area contributed by atoms with Crippen LogP contribution in [-0.2, 0) is 9.53 Å². The Morgan fingerprint density at radius 1 is 1.09 bits per heavy atom. The zero-order valence-electron chi connectivity index (χ0n) is 18.7. The van der Waals surface area contributed by atoms with Gasteiger partial charge in [-0.15, -0.1) is 0 Å². The minimum atomic E-state index is -0.858. The fraction of sp³-hybridized carbons (Fsp3) is 0.280. The van der Waals surface area contributed by atoms with Crippen LogP contribution in [0, 0.1) is 5.92 Å². The van der Waals surface area contributed by atoms with E-state index in [1.807, 2.05) is 36.4 Å². The number of nitrogens with one attached hydrogen (secondary N) is 3. The van der Waals surface area contributed by atoms with Gasteiger partial charge in [-0.2, -0.15) is 5.10 Å². The lowest BCUT2D eigenvalue weighted by atomic mass is 9.98. The van der Waals surface area contributed by atoms with Gasteiger partial charge >= 0.3 is 12.1 Å². The third-order valence-corrected chi connectivity index (χ3v) is 5.92. The number of benzene rings is 2. The molecule has 3 aromatic rings. The van der Waals surface area contributed by atoms with Gasteiger partial charge in [0.25, 0.3) is 5.91 Å². The Morgan fingerprint density at radius 2 is 1.74 bits per heavy atom. The zero-order valence-corrected chi connectivity index (χ0v) is 18.7. The second-order valence-electron chi connectivity index (χ2n) is 8.25. The molecule has 4 N–H and O–H groups in total. The van der Waals surface area contributed by atoms with Crippen molar-refractivity contribution < 1.29 is 24.2 Å². The number of fused-ring (bicyclic) bond motifs is 3. The predicted octanol–water partition coefficient (Wildman–Crippen LogP) is 4.00. The first-order valence-electron chi connectivity index (χ1n) is 11.1. The van der Waals surface area contributed by atoms with Crippen LogP contribution in [0.4, 0.5) is 10.6 Å². The van der Waals surface area contributed by atoms with Gasteiger partial charge in [0.1, 0.15) is 12.3 Å². The first-order valence-corrected chi connectivity index (χ1v) is 11.1. The highest BCUT2D eigenvalue weighted by Gasteiger charge is 2.29. The third-order valence-electron chi connectivity index (χ3n) is 5.92. The number of carbonyl (C=O) groups excluding carboxylic acids is 2. The summed E-state index contributed by atoms with van der Waals surface area (Å²) in [5, 5.41) is 20.6. The van der Waals surface area contributed by atoms with Crippen LogP contribution < -0.4 is 10.6 Å². The molecule has 0 aliphatic heterocycles. The summed E-state index contributed by atoms with van der Waals surface area (Å²) in [6, 6.07) is 17.6. The minimum Gasteiger partial charge on any atom is -0.481 e. The number of H-pyrrole nitrogens is 1. The van der Waals surface area contributed by atoms with Gasteiger partial charge in [0.05, 0.1) is 5.92 Å². The highest BCUT2D eigenvalue weighted by molar-refractivity contribution is 5.94. The Morgan fingerprint density at radius 3 is 2.38 bits per heavy atom. The van der Waals surface area contributed by atoms with Crippen molar-refractivity contribution in [1.82, 2.24) is 15.5 Å². The van der Waals surface area contributed by atoms with Crippen molar-refractivity contribution in [3.63, 3.8) is 0 Å². The van der Waals surface area contributed by atoms with Crippen molar-refractivity contribution in [2.45, 2.75) is 25.7 Å². The molecule has 2 aromatic carbocycles. The highest BCUT2D eigenvalue weighted by atomic mass is 16.5. The molecular weight excluding hydrogens is 436 g/mol. The van der Waals surface area contributed by atoms with Crippen LogP contribution in [0.25, 0.3) is 11.1 Å². The number of rotatable bonds is 9. The van der Waals surface area contributed by atoms with Gasteiger partial charge in [0, 0.05) is 18.5 Å². The van der Waals surface area contributed by atoms with E-state index in [2.05, 4.69) is 33.0 Å².